The van der Waals surface area contributed by atoms with E-state index < -0.39 is 0 Å². The first kappa shape index (κ1) is 15.1. The van der Waals surface area contributed by atoms with Gasteiger partial charge in [0.15, 0.2) is 0 Å². The largest absolute Gasteiger partial charge is 0.323 e. The summed E-state index contributed by atoms with van der Waals surface area (Å²) in [7, 11) is 0. The summed E-state index contributed by atoms with van der Waals surface area (Å²) in [6.07, 6.45) is 3.32. The standard InChI is InChI=1S/C17H17ClN2O/c1-12-7-8-16(13(2)11-12)20-17(21)19-10-9-14-5-3-4-6-15(14)18/h3-11H,1-2H3,(H2,19,20,21)/b10-9+. The minimum Gasteiger partial charge on any atom is -0.314 e. The van der Waals surface area contributed by atoms with Crippen molar-refractivity contribution in [3.63, 3.8) is 0 Å². The average Bonchev–Trinajstić information content (AvgIpc) is 2.44. The van der Waals surface area contributed by atoms with Gasteiger partial charge < -0.3 is 10.6 Å². The number of anilines is 1. The molecule has 4 heteroatoms. The lowest BCUT2D eigenvalue weighted by molar-refractivity contribution is 0.255. The minimum absolute atomic E-state index is 0.287. The van der Waals surface area contributed by atoms with E-state index in [-0.39, 0.29) is 6.03 Å². The number of hydrogen-bond donors (Lipinski definition) is 2. The number of nitrogens with one attached hydrogen (secondary N) is 2. The zero-order chi connectivity index (χ0) is 15.2. The molecule has 2 N–H and O–H groups in total. The molecule has 0 saturated carbocycles. The van der Waals surface area contributed by atoms with Crippen LogP contribution in [0.25, 0.3) is 6.08 Å². The molecular formula is C17H17ClN2O. The molecule has 21 heavy (non-hydrogen) atoms. The van der Waals surface area contributed by atoms with Crippen LogP contribution in [0.2, 0.25) is 5.02 Å². The molecule has 2 aromatic carbocycles. The molecule has 108 valence electrons. The fraction of sp³-hybridized carbons (Fsp3) is 0.118. The van der Waals surface area contributed by atoms with Gasteiger partial charge in [0.1, 0.15) is 0 Å². The molecule has 0 saturated heterocycles. The fourth-order valence-electron chi connectivity index (χ4n) is 1.93. The van der Waals surface area contributed by atoms with Gasteiger partial charge in [0.25, 0.3) is 0 Å². The number of benzene rings is 2. The Morgan fingerprint density at radius 3 is 2.62 bits per heavy atom. The van der Waals surface area contributed by atoms with Crippen LogP contribution in [-0.4, -0.2) is 6.03 Å². The average molecular weight is 301 g/mol. The Hall–Kier alpha value is -2.26. The van der Waals surface area contributed by atoms with Crippen LogP contribution >= 0.6 is 11.6 Å². The molecule has 0 aliphatic rings. The van der Waals surface area contributed by atoms with Gasteiger partial charge in [-0.05, 0) is 43.2 Å². The molecule has 2 amide bonds. The van der Waals surface area contributed by atoms with Crippen molar-refractivity contribution in [2.75, 3.05) is 5.32 Å². The Bertz CT molecular complexity index is 680. The first-order valence-electron chi connectivity index (χ1n) is 6.62. The van der Waals surface area contributed by atoms with E-state index >= 15 is 0 Å². The molecule has 0 atom stereocenters. The predicted octanol–water partition coefficient (Wildman–Crippen LogP) is 4.75. The highest BCUT2D eigenvalue weighted by Gasteiger charge is 2.02. The Morgan fingerprint density at radius 1 is 1.14 bits per heavy atom. The first-order valence-corrected chi connectivity index (χ1v) is 7.00. The van der Waals surface area contributed by atoms with Gasteiger partial charge >= 0.3 is 6.03 Å². The van der Waals surface area contributed by atoms with Crippen molar-refractivity contribution in [1.29, 1.82) is 0 Å². The number of rotatable bonds is 3. The Labute approximate surface area is 129 Å². The lowest BCUT2D eigenvalue weighted by atomic mass is 10.1. The van der Waals surface area contributed by atoms with Crippen LogP contribution in [0.3, 0.4) is 0 Å². The molecule has 2 aromatic rings. The number of carbonyl (C=O) groups excluding carboxylic acids is 1. The fourth-order valence-corrected chi connectivity index (χ4v) is 2.13. The van der Waals surface area contributed by atoms with Crippen molar-refractivity contribution in [2.45, 2.75) is 13.8 Å². The molecule has 0 heterocycles. The van der Waals surface area contributed by atoms with Crippen molar-refractivity contribution in [2.24, 2.45) is 0 Å². The van der Waals surface area contributed by atoms with Gasteiger partial charge in [-0.3, -0.25) is 0 Å². The van der Waals surface area contributed by atoms with Crippen molar-refractivity contribution in [3.05, 3.63) is 70.4 Å². The second-order valence-corrected chi connectivity index (χ2v) is 5.18. The van der Waals surface area contributed by atoms with Crippen molar-refractivity contribution in [1.82, 2.24) is 5.32 Å². The maximum absolute atomic E-state index is 11.8. The number of hydrogen-bond acceptors (Lipinski definition) is 1. The molecule has 0 aliphatic carbocycles. The molecular weight excluding hydrogens is 284 g/mol. The lowest BCUT2D eigenvalue weighted by Crippen LogP contribution is -2.24. The third-order valence-electron chi connectivity index (χ3n) is 3.01. The summed E-state index contributed by atoms with van der Waals surface area (Å²) >= 11 is 6.03. The summed E-state index contributed by atoms with van der Waals surface area (Å²) < 4.78 is 0. The number of carbonyl (C=O) groups is 1. The lowest BCUT2D eigenvalue weighted by Gasteiger charge is -2.08. The molecule has 0 bridgehead atoms. The monoisotopic (exact) mass is 300 g/mol. The van der Waals surface area contributed by atoms with E-state index in [1.54, 1.807) is 18.3 Å². The SMILES string of the molecule is Cc1ccc(NC(=O)N/C=C/c2ccccc2Cl)c(C)c1. The van der Waals surface area contributed by atoms with E-state index in [0.29, 0.717) is 5.02 Å². The van der Waals surface area contributed by atoms with Gasteiger partial charge in [-0.25, -0.2) is 4.79 Å². The van der Waals surface area contributed by atoms with E-state index in [1.165, 1.54) is 0 Å². The molecule has 3 nitrogen and oxygen atoms in total. The van der Waals surface area contributed by atoms with Crippen LogP contribution < -0.4 is 10.6 Å². The highest BCUT2D eigenvalue weighted by atomic mass is 35.5. The zero-order valence-electron chi connectivity index (χ0n) is 12.0. The van der Waals surface area contributed by atoms with Crippen LogP contribution in [0.5, 0.6) is 0 Å². The summed E-state index contributed by atoms with van der Waals surface area (Å²) in [5.41, 5.74) is 3.84. The highest BCUT2D eigenvalue weighted by Crippen LogP contribution is 2.17. The van der Waals surface area contributed by atoms with Crippen LogP contribution in [0.4, 0.5) is 10.5 Å². The second-order valence-electron chi connectivity index (χ2n) is 4.77. The van der Waals surface area contributed by atoms with E-state index in [1.807, 2.05) is 50.2 Å². The number of urea groups is 1. The van der Waals surface area contributed by atoms with Crippen molar-refractivity contribution >= 4 is 29.4 Å². The van der Waals surface area contributed by atoms with E-state index in [9.17, 15) is 4.79 Å². The smallest absolute Gasteiger partial charge is 0.314 e. The highest BCUT2D eigenvalue weighted by molar-refractivity contribution is 6.32. The van der Waals surface area contributed by atoms with Crippen LogP contribution in [0.1, 0.15) is 16.7 Å². The zero-order valence-corrected chi connectivity index (χ0v) is 12.7. The maximum atomic E-state index is 11.8. The molecule has 0 fully saturated rings. The van der Waals surface area contributed by atoms with Gasteiger partial charge in [-0.1, -0.05) is 47.5 Å². The summed E-state index contributed by atoms with van der Waals surface area (Å²) in [6, 6.07) is 13.0. The Balaban J connectivity index is 1.95. The Kier molecular flexibility index (Phi) is 5.01. The molecule has 0 unspecified atom stereocenters. The summed E-state index contributed by atoms with van der Waals surface area (Å²) in [5, 5.41) is 6.11. The topological polar surface area (TPSA) is 41.1 Å². The Morgan fingerprint density at radius 2 is 1.90 bits per heavy atom. The van der Waals surface area contributed by atoms with Gasteiger partial charge in [0, 0.05) is 16.9 Å². The maximum Gasteiger partial charge on any atom is 0.323 e. The van der Waals surface area contributed by atoms with Gasteiger partial charge in [0.05, 0.1) is 0 Å². The van der Waals surface area contributed by atoms with Crippen LogP contribution in [0, 0.1) is 13.8 Å². The summed E-state index contributed by atoms with van der Waals surface area (Å²) in [4.78, 5) is 11.8. The molecule has 0 aliphatic heterocycles. The third-order valence-corrected chi connectivity index (χ3v) is 3.36. The van der Waals surface area contributed by atoms with E-state index in [2.05, 4.69) is 10.6 Å². The van der Waals surface area contributed by atoms with E-state index in [0.717, 1.165) is 22.4 Å². The first-order chi connectivity index (χ1) is 10.1. The summed E-state index contributed by atoms with van der Waals surface area (Å²) in [5.74, 6) is 0. The molecule has 0 radical (unpaired) electrons. The number of amides is 2. The van der Waals surface area contributed by atoms with Crippen molar-refractivity contribution < 1.29 is 4.79 Å². The van der Waals surface area contributed by atoms with E-state index in [4.69, 9.17) is 11.6 Å². The molecule has 0 aromatic heterocycles. The predicted molar refractivity (Wildman–Crippen MR) is 88.6 cm³/mol. The van der Waals surface area contributed by atoms with Crippen LogP contribution in [-0.2, 0) is 0 Å². The molecule has 0 spiro atoms. The van der Waals surface area contributed by atoms with Gasteiger partial charge in [-0.15, -0.1) is 0 Å². The van der Waals surface area contributed by atoms with Gasteiger partial charge in [-0.2, -0.15) is 0 Å². The molecule has 2 rings (SSSR count). The van der Waals surface area contributed by atoms with Crippen LogP contribution in [0.15, 0.2) is 48.7 Å². The second kappa shape index (κ2) is 6.95. The van der Waals surface area contributed by atoms with Crippen molar-refractivity contribution in [3.8, 4) is 0 Å². The number of halogens is 1. The van der Waals surface area contributed by atoms with Gasteiger partial charge in [0.2, 0.25) is 0 Å². The quantitative estimate of drug-likeness (QED) is 0.844. The normalized spacial score (nSPS) is 10.6. The third kappa shape index (κ3) is 4.36. The summed E-state index contributed by atoms with van der Waals surface area (Å²) in [6.45, 7) is 3.98. The number of aryl methyl sites for hydroxylation is 2. The minimum atomic E-state index is -0.287.